The Morgan fingerprint density at radius 2 is 2.16 bits per heavy atom. The van der Waals surface area contributed by atoms with Crippen molar-refractivity contribution in [3.8, 4) is 0 Å². The van der Waals surface area contributed by atoms with Gasteiger partial charge in [0.25, 0.3) is 0 Å². The number of rotatable bonds is 3. The first-order valence-corrected chi connectivity index (χ1v) is 7.49. The van der Waals surface area contributed by atoms with Gasteiger partial charge in [-0.1, -0.05) is 0 Å². The van der Waals surface area contributed by atoms with Gasteiger partial charge in [0.15, 0.2) is 0 Å². The number of hydrogen-bond acceptors (Lipinski definition) is 2. The molecule has 0 radical (unpaired) electrons. The molecule has 0 amide bonds. The van der Waals surface area contributed by atoms with Gasteiger partial charge >= 0.3 is 0 Å². The van der Waals surface area contributed by atoms with Crippen molar-refractivity contribution in [2.24, 2.45) is 11.3 Å². The Bertz CT molecular complexity index is 671. The lowest BCUT2D eigenvalue weighted by atomic mass is 10.0. The van der Waals surface area contributed by atoms with E-state index in [2.05, 4.69) is 20.9 Å². The number of halogens is 2. The number of aromatic nitrogens is 2. The van der Waals surface area contributed by atoms with Crippen molar-refractivity contribution < 1.29 is 4.39 Å². The lowest BCUT2D eigenvalue weighted by Gasteiger charge is -2.16. The third-order valence-corrected chi connectivity index (χ3v) is 5.24. The molecule has 2 saturated carbocycles. The largest absolute Gasteiger partial charge is 0.369 e. The van der Waals surface area contributed by atoms with E-state index in [1.54, 1.807) is 6.07 Å². The standard InChI is InChI=1S/C14H15BrFN3/c15-9-5-11-12(6-10(9)16)19(13(17)18-11)7-14(3-4-14)8-1-2-8/h5-6,8H,1-4,7H2,(H2,17,18). The molecule has 1 aromatic heterocycles. The summed E-state index contributed by atoms with van der Waals surface area (Å²) in [7, 11) is 0. The summed E-state index contributed by atoms with van der Waals surface area (Å²) in [5.74, 6) is 1.09. The van der Waals surface area contributed by atoms with Gasteiger partial charge in [-0.2, -0.15) is 0 Å². The van der Waals surface area contributed by atoms with E-state index in [1.807, 2.05) is 4.57 Å². The van der Waals surface area contributed by atoms with E-state index < -0.39 is 0 Å². The van der Waals surface area contributed by atoms with Gasteiger partial charge in [-0.15, -0.1) is 0 Å². The Labute approximate surface area is 119 Å². The average Bonchev–Trinajstić information content (AvgIpc) is 3.24. The van der Waals surface area contributed by atoms with Gasteiger partial charge in [0, 0.05) is 12.6 Å². The van der Waals surface area contributed by atoms with Gasteiger partial charge in [-0.3, -0.25) is 0 Å². The van der Waals surface area contributed by atoms with Crippen LogP contribution in [0.25, 0.3) is 11.0 Å². The van der Waals surface area contributed by atoms with Crippen LogP contribution in [-0.2, 0) is 6.54 Å². The van der Waals surface area contributed by atoms with Crippen LogP contribution in [0, 0.1) is 17.2 Å². The summed E-state index contributed by atoms with van der Waals surface area (Å²) in [6.07, 6.45) is 5.23. The molecule has 1 heterocycles. The fourth-order valence-corrected chi connectivity index (χ4v) is 3.50. The van der Waals surface area contributed by atoms with Crippen molar-refractivity contribution in [3.63, 3.8) is 0 Å². The predicted octanol–water partition coefficient (Wildman–Crippen LogP) is 3.71. The van der Waals surface area contributed by atoms with E-state index in [9.17, 15) is 4.39 Å². The van der Waals surface area contributed by atoms with Crippen molar-refractivity contribution in [2.45, 2.75) is 32.2 Å². The molecule has 0 spiro atoms. The molecule has 0 aliphatic heterocycles. The molecular weight excluding hydrogens is 309 g/mol. The Morgan fingerprint density at radius 3 is 2.79 bits per heavy atom. The zero-order valence-corrected chi connectivity index (χ0v) is 12.1. The Balaban J connectivity index is 1.80. The van der Waals surface area contributed by atoms with Crippen LogP contribution in [0.3, 0.4) is 0 Å². The van der Waals surface area contributed by atoms with Crippen LogP contribution in [-0.4, -0.2) is 9.55 Å². The normalized spacial score (nSPS) is 20.9. The first-order chi connectivity index (χ1) is 9.09. The monoisotopic (exact) mass is 323 g/mol. The fourth-order valence-electron chi connectivity index (χ4n) is 3.17. The number of nitrogens with zero attached hydrogens (tertiary/aromatic N) is 2. The molecule has 0 saturated heterocycles. The summed E-state index contributed by atoms with van der Waals surface area (Å²) < 4.78 is 16.2. The maximum atomic E-state index is 13.7. The van der Waals surface area contributed by atoms with Gasteiger partial charge < -0.3 is 10.3 Å². The number of imidazole rings is 1. The second-order valence-corrected chi connectivity index (χ2v) is 6.80. The zero-order valence-electron chi connectivity index (χ0n) is 10.5. The molecule has 2 fully saturated rings. The maximum absolute atomic E-state index is 13.7. The minimum Gasteiger partial charge on any atom is -0.369 e. The van der Waals surface area contributed by atoms with Crippen molar-refractivity contribution in [1.82, 2.24) is 9.55 Å². The molecule has 1 aromatic carbocycles. The third-order valence-electron chi connectivity index (χ3n) is 4.63. The third kappa shape index (κ3) is 1.78. The highest BCUT2D eigenvalue weighted by Crippen LogP contribution is 2.62. The van der Waals surface area contributed by atoms with Gasteiger partial charge in [-0.25, -0.2) is 9.37 Å². The van der Waals surface area contributed by atoms with Crippen molar-refractivity contribution in [1.29, 1.82) is 0 Å². The van der Waals surface area contributed by atoms with E-state index in [-0.39, 0.29) is 5.82 Å². The molecule has 4 rings (SSSR count). The van der Waals surface area contributed by atoms with Crippen LogP contribution >= 0.6 is 15.9 Å². The van der Waals surface area contributed by atoms with E-state index in [0.717, 1.165) is 23.5 Å². The average molecular weight is 324 g/mol. The van der Waals surface area contributed by atoms with E-state index >= 15 is 0 Å². The second kappa shape index (κ2) is 3.72. The van der Waals surface area contributed by atoms with Crippen LogP contribution in [0.4, 0.5) is 10.3 Å². The summed E-state index contributed by atoms with van der Waals surface area (Å²) in [4.78, 5) is 4.35. The highest BCUT2D eigenvalue weighted by molar-refractivity contribution is 9.10. The number of nitrogen functional groups attached to an aromatic ring is 1. The molecule has 2 N–H and O–H groups in total. The molecule has 5 heteroatoms. The van der Waals surface area contributed by atoms with Crippen LogP contribution in [0.1, 0.15) is 25.7 Å². The van der Waals surface area contributed by atoms with E-state index in [0.29, 0.717) is 15.8 Å². The van der Waals surface area contributed by atoms with Crippen LogP contribution < -0.4 is 5.73 Å². The summed E-state index contributed by atoms with van der Waals surface area (Å²) in [5, 5.41) is 0. The van der Waals surface area contributed by atoms with Crippen molar-refractivity contribution >= 4 is 32.9 Å². The molecule has 0 bridgehead atoms. The van der Waals surface area contributed by atoms with Crippen LogP contribution in [0.5, 0.6) is 0 Å². The Hall–Kier alpha value is -1.10. The SMILES string of the molecule is Nc1nc2cc(Br)c(F)cc2n1CC1(C2CC2)CC1. The van der Waals surface area contributed by atoms with Crippen LogP contribution in [0.2, 0.25) is 0 Å². The minimum atomic E-state index is -0.259. The topological polar surface area (TPSA) is 43.8 Å². The lowest BCUT2D eigenvalue weighted by molar-refractivity contribution is 0.377. The van der Waals surface area contributed by atoms with Gasteiger partial charge in [-0.05, 0) is 59.0 Å². The van der Waals surface area contributed by atoms with Gasteiger partial charge in [0.05, 0.1) is 15.5 Å². The van der Waals surface area contributed by atoms with E-state index in [4.69, 9.17) is 5.73 Å². The molecule has 100 valence electrons. The summed E-state index contributed by atoms with van der Waals surface area (Å²) in [6, 6.07) is 3.24. The molecule has 0 atom stereocenters. The van der Waals surface area contributed by atoms with E-state index in [1.165, 1.54) is 31.7 Å². The first kappa shape index (κ1) is 11.7. The number of benzene rings is 1. The smallest absolute Gasteiger partial charge is 0.201 e. The summed E-state index contributed by atoms with van der Waals surface area (Å²) >= 11 is 3.19. The highest BCUT2D eigenvalue weighted by atomic mass is 79.9. The number of anilines is 1. The minimum absolute atomic E-state index is 0.259. The zero-order chi connectivity index (χ0) is 13.2. The molecule has 19 heavy (non-hydrogen) atoms. The molecule has 2 aromatic rings. The molecule has 2 aliphatic carbocycles. The fraction of sp³-hybridized carbons (Fsp3) is 0.500. The molecule has 3 nitrogen and oxygen atoms in total. The number of fused-ring (bicyclic) bond motifs is 1. The maximum Gasteiger partial charge on any atom is 0.201 e. The number of hydrogen-bond donors (Lipinski definition) is 1. The predicted molar refractivity (Wildman–Crippen MR) is 76.2 cm³/mol. The highest BCUT2D eigenvalue weighted by Gasteiger charge is 2.54. The molecule has 2 aliphatic rings. The second-order valence-electron chi connectivity index (χ2n) is 5.95. The molecule has 0 unspecified atom stereocenters. The quantitative estimate of drug-likeness (QED) is 0.935. The van der Waals surface area contributed by atoms with Crippen LogP contribution in [0.15, 0.2) is 16.6 Å². The van der Waals surface area contributed by atoms with Crippen molar-refractivity contribution in [2.75, 3.05) is 5.73 Å². The van der Waals surface area contributed by atoms with Gasteiger partial charge in [0.1, 0.15) is 5.82 Å². The van der Waals surface area contributed by atoms with Gasteiger partial charge in [0.2, 0.25) is 5.95 Å². The number of nitrogens with two attached hydrogens (primary N) is 1. The molecular formula is C14H15BrFN3. The Kier molecular flexibility index (Phi) is 2.29. The summed E-state index contributed by atoms with van der Waals surface area (Å²) in [5.41, 5.74) is 8.02. The lowest BCUT2D eigenvalue weighted by Crippen LogP contribution is -2.15. The summed E-state index contributed by atoms with van der Waals surface area (Å²) in [6.45, 7) is 0.890. The Morgan fingerprint density at radius 1 is 1.42 bits per heavy atom. The first-order valence-electron chi connectivity index (χ1n) is 6.70. The van der Waals surface area contributed by atoms with Crippen molar-refractivity contribution in [3.05, 3.63) is 22.4 Å².